The van der Waals surface area contributed by atoms with Crippen molar-refractivity contribution in [1.29, 1.82) is 0 Å². The molecule has 5 atom stereocenters. The number of carboxylic acids is 1. The highest BCUT2D eigenvalue weighted by atomic mass is 16.6. The highest BCUT2D eigenvalue weighted by molar-refractivity contribution is 5.90. The molecule has 24 heavy (non-hydrogen) atoms. The van der Waals surface area contributed by atoms with E-state index in [1.54, 1.807) is 0 Å². The second-order valence-electron chi connectivity index (χ2n) is 9.29. The lowest BCUT2D eigenvalue weighted by molar-refractivity contribution is -0.235. The second kappa shape index (κ2) is 4.86. The smallest absolute Gasteiger partial charge is 0.334 e. The lowest BCUT2D eigenvalue weighted by Crippen LogP contribution is -2.66. The molecule has 4 heteroatoms. The van der Waals surface area contributed by atoms with Crippen LogP contribution in [0, 0.1) is 28.6 Å². The van der Waals surface area contributed by atoms with Gasteiger partial charge in [-0.25, -0.2) is 4.79 Å². The Morgan fingerprint density at radius 1 is 1.17 bits per heavy atom. The third-order valence-corrected chi connectivity index (χ3v) is 7.93. The summed E-state index contributed by atoms with van der Waals surface area (Å²) in [7, 11) is 0. The molecule has 3 aliphatic carbocycles. The van der Waals surface area contributed by atoms with Crippen LogP contribution < -0.4 is 0 Å². The third kappa shape index (κ3) is 1.86. The van der Waals surface area contributed by atoms with Crippen LogP contribution in [0.1, 0.15) is 65.2 Å². The van der Waals surface area contributed by atoms with Gasteiger partial charge in [0.2, 0.25) is 0 Å². The van der Waals surface area contributed by atoms with Crippen molar-refractivity contribution in [3.63, 3.8) is 0 Å². The summed E-state index contributed by atoms with van der Waals surface area (Å²) in [4.78, 5) is 24.9. The van der Waals surface area contributed by atoms with E-state index >= 15 is 0 Å². The van der Waals surface area contributed by atoms with Gasteiger partial charge in [0, 0.05) is 11.5 Å². The van der Waals surface area contributed by atoms with E-state index in [9.17, 15) is 14.7 Å². The summed E-state index contributed by atoms with van der Waals surface area (Å²) < 4.78 is 5.95. The fraction of sp³-hybridized carbons (Fsp3) is 0.800. The maximum Gasteiger partial charge on any atom is 0.334 e. The Hall–Kier alpha value is -1.32. The van der Waals surface area contributed by atoms with Crippen molar-refractivity contribution in [2.24, 2.45) is 28.6 Å². The number of rotatable bonds is 1. The van der Waals surface area contributed by atoms with E-state index in [-0.39, 0.29) is 29.1 Å². The van der Waals surface area contributed by atoms with E-state index in [0.717, 1.165) is 51.4 Å². The number of carbonyl (C=O) groups excluding carboxylic acids is 1. The average molecular weight is 332 g/mol. The molecular weight excluding hydrogens is 304 g/mol. The van der Waals surface area contributed by atoms with Gasteiger partial charge in [0.05, 0.1) is 5.41 Å². The van der Waals surface area contributed by atoms with Crippen molar-refractivity contribution < 1.29 is 19.4 Å². The molecule has 0 aromatic rings. The number of carboxylic acid groups (broad SMARTS) is 1. The highest BCUT2D eigenvalue weighted by Crippen LogP contribution is 2.67. The van der Waals surface area contributed by atoms with E-state index in [1.807, 2.05) is 0 Å². The molecule has 4 fully saturated rings. The molecule has 1 spiro atoms. The SMILES string of the molecule is C=C1C(=O)O[C@@]23CC[C@@H]4C(C)(C)CCC[C@@]4(C(=O)O)[C@@H]2CC[C@@H]1C3. The highest BCUT2D eigenvalue weighted by Gasteiger charge is 2.69. The van der Waals surface area contributed by atoms with Crippen LogP contribution in [0.25, 0.3) is 0 Å². The number of esters is 1. The molecule has 0 aromatic heterocycles. The predicted molar refractivity (Wildman–Crippen MR) is 89.2 cm³/mol. The fourth-order valence-electron chi connectivity index (χ4n) is 6.91. The summed E-state index contributed by atoms with van der Waals surface area (Å²) in [6.45, 7) is 8.37. The number of hydrogen-bond donors (Lipinski definition) is 1. The molecule has 4 rings (SSSR count). The van der Waals surface area contributed by atoms with Crippen molar-refractivity contribution in [1.82, 2.24) is 0 Å². The van der Waals surface area contributed by atoms with E-state index in [4.69, 9.17) is 4.74 Å². The lowest BCUT2D eigenvalue weighted by Gasteiger charge is -2.64. The topological polar surface area (TPSA) is 63.6 Å². The van der Waals surface area contributed by atoms with E-state index in [2.05, 4.69) is 20.4 Å². The first kappa shape index (κ1) is 16.2. The Kier molecular flexibility index (Phi) is 3.27. The van der Waals surface area contributed by atoms with Crippen LogP contribution in [-0.2, 0) is 14.3 Å². The summed E-state index contributed by atoms with van der Waals surface area (Å²) in [5, 5.41) is 10.3. The van der Waals surface area contributed by atoms with Crippen molar-refractivity contribution in [2.45, 2.75) is 70.8 Å². The first-order chi connectivity index (χ1) is 11.2. The standard InChI is InChI=1S/C20H28O4/c1-12-13-5-6-15-19(11-13,24-16(12)21)10-7-14-18(2,3)8-4-9-20(14,15)17(22)23/h13-15H,1,4-11H2,2-3H3,(H,22,23)/t13-,14-,15-,19-,20+/m1/s1. The molecule has 1 heterocycles. The maximum absolute atomic E-state index is 12.6. The van der Waals surface area contributed by atoms with Crippen LogP contribution in [0.15, 0.2) is 12.2 Å². The number of ether oxygens (including phenoxy) is 1. The molecule has 0 radical (unpaired) electrons. The molecule has 1 aliphatic heterocycles. The van der Waals surface area contributed by atoms with Gasteiger partial charge in [0.1, 0.15) is 5.60 Å². The number of fused-ring (bicyclic) bond motifs is 3. The summed E-state index contributed by atoms with van der Waals surface area (Å²) in [5.74, 6) is -0.642. The van der Waals surface area contributed by atoms with Gasteiger partial charge in [-0.1, -0.05) is 26.8 Å². The number of hydrogen-bond acceptors (Lipinski definition) is 3. The van der Waals surface area contributed by atoms with Crippen molar-refractivity contribution >= 4 is 11.9 Å². The zero-order chi connectivity index (χ0) is 17.3. The molecule has 1 N–H and O–H groups in total. The Morgan fingerprint density at radius 2 is 1.92 bits per heavy atom. The molecule has 2 bridgehead atoms. The quantitative estimate of drug-likeness (QED) is 0.583. The van der Waals surface area contributed by atoms with E-state index < -0.39 is 17.0 Å². The van der Waals surface area contributed by atoms with Gasteiger partial charge < -0.3 is 9.84 Å². The molecule has 4 nitrogen and oxygen atoms in total. The van der Waals surface area contributed by atoms with Crippen LogP contribution in [-0.4, -0.2) is 22.6 Å². The Labute approximate surface area is 143 Å². The molecule has 0 aromatic carbocycles. The Morgan fingerprint density at radius 3 is 2.62 bits per heavy atom. The zero-order valence-electron chi connectivity index (χ0n) is 14.8. The van der Waals surface area contributed by atoms with Gasteiger partial charge in [-0.05, 0) is 62.2 Å². The van der Waals surface area contributed by atoms with Crippen LogP contribution in [0.5, 0.6) is 0 Å². The van der Waals surface area contributed by atoms with E-state index in [0.29, 0.717) is 5.57 Å². The summed E-state index contributed by atoms with van der Waals surface area (Å²) in [6, 6.07) is 0. The Balaban J connectivity index is 1.81. The van der Waals surface area contributed by atoms with Crippen LogP contribution >= 0.6 is 0 Å². The summed E-state index contributed by atoms with van der Waals surface area (Å²) in [5.41, 5.74) is -0.667. The summed E-state index contributed by atoms with van der Waals surface area (Å²) >= 11 is 0. The van der Waals surface area contributed by atoms with E-state index in [1.165, 1.54) is 0 Å². The van der Waals surface area contributed by atoms with Gasteiger partial charge in [0.15, 0.2) is 0 Å². The summed E-state index contributed by atoms with van der Waals surface area (Å²) in [6.07, 6.45) is 6.94. The molecule has 0 amide bonds. The number of carbonyl (C=O) groups is 2. The number of aliphatic carboxylic acids is 1. The van der Waals surface area contributed by atoms with Crippen molar-refractivity contribution in [3.05, 3.63) is 12.2 Å². The molecule has 4 aliphatic rings. The normalized spacial score (nSPS) is 46.5. The predicted octanol–water partition coefficient (Wildman–Crippen LogP) is 3.95. The molecular formula is C20H28O4. The average Bonchev–Trinajstić information content (AvgIpc) is 2.51. The van der Waals surface area contributed by atoms with Gasteiger partial charge in [-0.3, -0.25) is 4.79 Å². The largest absolute Gasteiger partial charge is 0.481 e. The lowest BCUT2D eigenvalue weighted by atomic mass is 9.42. The van der Waals surface area contributed by atoms with Crippen LogP contribution in [0.4, 0.5) is 0 Å². The van der Waals surface area contributed by atoms with Crippen molar-refractivity contribution in [2.75, 3.05) is 0 Å². The first-order valence-electron chi connectivity index (χ1n) is 9.38. The van der Waals surface area contributed by atoms with Gasteiger partial charge in [0.25, 0.3) is 0 Å². The fourth-order valence-corrected chi connectivity index (χ4v) is 6.91. The monoisotopic (exact) mass is 332 g/mol. The van der Waals surface area contributed by atoms with Crippen molar-refractivity contribution in [3.8, 4) is 0 Å². The minimum atomic E-state index is -0.732. The molecule has 132 valence electrons. The molecule has 0 unspecified atom stereocenters. The Bertz CT molecular complexity index is 621. The van der Waals surface area contributed by atoms with Gasteiger partial charge >= 0.3 is 11.9 Å². The molecule has 1 saturated heterocycles. The minimum absolute atomic E-state index is 0.0391. The minimum Gasteiger partial charge on any atom is -0.481 e. The zero-order valence-corrected chi connectivity index (χ0v) is 14.8. The second-order valence-corrected chi connectivity index (χ2v) is 9.29. The van der Waals surface area contributed by atoms with Gasteiger partial charge in [-0.2, -0.15) is 0 Å². The first-order valence-corrected chi connectivity index (χ1v) is 9.38. The van der Waals surface area contributed by atoms with Crippen LogP contribution in [0.3, 0.4) is 0 Å². The van der Waals surface area contributed by atoms with Crippen LogP contribution in [0.2, 0.25) is 0 Å². The maximum atomic E-state index is 12.6. The third-order valence-electron chi connectivity index (χ3n) is 7.93. The van der Waals surface area contributed by atoms with Gasteiger partial charge in [-0.15, -0.1) is 0 Å². The molecule has 3 saturated carbocycles.